The minimum absolute atomic E-state index is 0.206. The minimum atomic E-state index is -0.206. The van der Waals surface area contributed by atoms with Gasteiger partial charge < -0.3 is 10.7 Å². The Morgan fingerprint density at radius 2 is 1.83 bits per heavy atom. The molecule has 3 heteroatoms. The van der Waals surface area contributed by atoms with Crippen molar-refractivity contribution in [2.75, 3.05) is 6.54 Å². The number of hydrogen-bond acceptors (Lipinski definition) is 1. The molecule has 3 rings (SSSR count). The highest BCUT2D eigenvalue weighted by Gasteiger charge is 2.16. The molecule has 3 aromatic rings. The van der Waals surface area contributed by atoms with E-state index in [0.717, 1.165) is 36.0 Å². The van der Waals surface area contributed by atoms with Gasteiger partial charge in [0.2, 0.25) is 0 Å². The number of nitrogens with two attached hydrogens (primary N) is 1. The molecule has 0 aliphatic heterocycles. The van der Waals surface area contributed by atoms with E-state index in [4.69, 9.17) is 5.73 Å². The normalized spacial score (nSPS) is 11.3. The second kappa shape index (κ2) is 6.55. The summed E-state index contributed by atoms with van der Waals surface area (Å²) in [5.41, 5.74) is 12.5. The van der Waals surface area contributed by atoms with Crippen molar-refractivity contribution < 1.29 is 4.39 Å². The van der Waals surface area contributed by atoms with Crippen molar-refractivity contribution in [3.63, 3.8) is 0 Å². The van der Waals surface area contributed by atoms with Crippen molar-refractivity contribution in [2.24, 2.45) is 5.73 Å². The van der Waals surface area contributed by atoms with E-state index in [9.17, 15) is 4.39 Å². The van der Waals surface area contributed by atoms with E-state index in [1.165, 1.54) is 28.1 Å². The molecule has 0 spiro atoms. The molecule has 120 valence electrons. The maximum atomic E-state index is 13.7. The van der Waals surface area contributed by atoms with E-state index in [0.29, 0.717) is 6.54 Å². The Morgan fingerprint density at radius 1 is 1.04 bits per heavy atom. The van der Waals surface area contributed by atoms with Gasteiger partial charge in [0.15, 0.2) is 0 Å². The van der Waals surface area contributed by atoms with Crippen molar-refractivity contribution >= 4 is 10.9 Å². The van der Waals surface area contributed by atoms with Crippen LogP contribution in [0.15, 0.2) is 36.4 Å². The first-order valence-corrected chi connectivity index (χ1v) is 8.18. The van der Waals surface area contributed by atoms with Gasteiger partial charge in [0.25, 0.3) is 0 Å². The van der Waals surface area contributed by atoms with Gasteiger partial charge >= 0.3 is 0 Å². The molecule has 0 fully saturated rings. The number of H-pyrrole nitrogens is 1. The Labute approximate surface area is 136 Å². The van der Waals surface area contributed by atoms with Gasteiger partial charge in [-0.2, -0.15) is 0 Å². The maximum absolute atomic E-state index is 13.7. The zero-order valence-electron chi connectivity index (χ0n) is 13.7. The lowest BCUT2D eigenvalue weighted by Crippen LogP contribution is -1.99. The first-order chi connectivity index (χ1) is 11.1. The van der Waals surface area contributed by atoms with E-state index in [1.54, 1.807) is 12.1 Å². The van der Waals surface area contributed by atoms with Gasteiger partial charge in [0, 0.05) is 22.2 Å². The maximum Gasteiger partial charge on any atom is 0.123 e. The molecule has 1 aromatic heterocycles. The van der Waals surface area contributed by atoms with Crippen LogP contribution in [0.2, 0.25) is 0 Å². The summed E-state index contributed by atoms with van der Waals surface area (Å²) in [6, 6.07) is 11.1. The molecule has 0 radical (unpaired) electrons. The van der Waals surface area contributed by atoms with Gasteiger partial charge in [-0.1, -0.05) is 24.3 Å². The molecule has 0 aliphatic rings. The summed E-state index contributed by atoms with van der Waals surface area (Å²) < 4.78 is 13.7. The molecule has 2 aromatic carbocycles. The standard InChI is InChI=1S/C20H23FN2/c1-13-9-10-14(2)19-18(13)17(8-3-4-11-22)20(23-19)15-6-5-7-16(21)12-15/h5-7,9-10,12,23H,3-4,8,11,22H2,1-2H3. The van der Waals surface area contributed by atoms with Crippen molar-refractivity contribution in [1.82, 2.24) is 4.98 Å². The van der Waals surface area contributed by atoms with E-state index < -0.39 is 0 Å². The summed E-state index contributed by atoms with van der Waals surface area (Å²) in [5, 5.41) is 1.28. The van der Waals surface area contributed by atoms with Gasteiger partial charge in [-0.15, -0.1) is 0 Å². The number of aromatic amines is 1. The van der Waals surface area contributed by atoms with Crippen LogP contribution in [-0.2, 0) is 6.42 Å². The largest absolute Gasteiger partial charge is 0.354 e. The number of aromatic nitrogens is 1. The molecule has 0 saturated carbocycles. The number of unbranched alkanes of at least 4 members (excludes halogenated alkanes) is 1. The van der Waals surface area contributed by atoms with Crippen LogP contribution in [0.25, 0.3) is 22.2 Å². The highest BCUT2D eigenvalue weighted by atomic mass is 19.1. The van der Waals surface area contributed by atoms with E-state index in [-0.39, 0.29) is 5.82 Å². The summed E-state index contributed by atoms with van der Waals surface area (Å²) in [6.45, 7) is 4.95. The highest BCUT2D eigenvalue weighted by molar-refractivity contribution is 5.95. The van der Waals surface area contributed by atoms with Crippen molar-refractivity contribution in [3.8, 4) is 11.3 Å². The molecule has 1 heterocycles. The lowest BCUT2D eigenvalue weighted by molar-refractivity contribution is 0.628. The number of halogens is 1. The summed E-state index contributed by atoms with van der Waals surface area (Å²) in [5.74, 6) is -0.206. The topological polar surface area (TPSA) is 41.8 Å². The Hall–Kier alpha value is -2.13. The van der Waals surface area contributed by atoms with Crippen LogP contribution in [0.5, 0.6) is 0 Å². The molecule has 3 N–H and O–H groups in total. The lowest BCUT2D eigenvalue weighted by Gasteiger charge is -2.07. The number of aryl methyl sites for hydroxylation is 3. The number of rotatable bonds is 5. The molecule has 2 nitrogen and oxygen atoms in total. The summed E-state index contributed by atoms with van der Waals surface area (Å²) >= 11 is 0. The van der Waals surface area contributed by atoms with Gasteiger partial charge in [0.1, 0.15) is 5.82 Å². The van der Waals surface area contributed by atoms with E-state index in [2.05, 4.69) is 31.0 Å². The summed E-state index contributed by atoms with van der Waals surface area (Å²) in [7, 11) is 0. The smallest absolute Gasteiger partial charge is 0.123 e. The number of hydrogen-bond donors (Lipinski definition) is 2. The third-order valence-electron chi connectivity index (χ3n) is 4.47. The zero-order chi connectivity index (χ0) is 16.4. The monoisotopic (exact) mass is 310 g/mol. The fourth-order valence-electron chi connectivity index (χ4n) is 3.27. The summed E-state index contributed by atoms with van der Waals surface area (Å²) in [4.78, 5) is 3.55. The predicted octanol–water partition coefficient (Wildman–Crippen LogP) is 4.87. The first-order valence-electron chi connectivity index (χ1n) is 8.18. The molecule has 0 saturated heterocycles. The second-order valence-electron chi connectivity index (χ2n) is 6.18. The summed E-state index contributed by atoms with van der Waals surface area (Å²) in [6.07, 6.45) is 2.99. The molecule has 0 atom stereocenters. The third-order valence-corrected chi connectivity index (χ3v) is 4.47. The van der Waals surface area contributed by atoms with Crippen molar-refractivity contribution in [2.45, 2.75) is 33.1 Å². The Balaban J connectivity index is 2.21. The van der Waals surface area contributed by atoms with Crippen LogP contribution in [0.3, 0.4) is 0 Å². The average molecular weight is 310 g/mol. The van der Waals surface area contributed by atoms with Crippen molar-refractivity contribution in [3.05, 3.63) is 58.9 Å². The average Bonchev–Trinajstić information content (AvgIpc) is 2.92. The second-order valence-corrected chi connectivity index (χ2v) is 6.18. The number of fused-ring (bicyclic) bond motifs is 1. The number of nitrogens with one attached hydrogen (secondary N) is 1. The third kappa shape index (κ3) is 3.02. The molecule has 0 aliphatic carbocycles. The fraction of sp³-hybridized carbons (Fsp3) is 0.300. The molecular formula is C20H23FN2. The van der Waals surface area contributed by atoms with Crippen LogP contribution >= 0.6 is 0 Å². The molecule has 0 unspecified atom stereocenters. The van der Waals surface area contributed by atoms with Gasteiger partial charge in [0.05, 0.1) is 0 Å². The van der Waals surface area contributed by atoms with Gasteiger partial charge in [-0.25, -0.2) is 4.39 Å². The van der Waals surface area contributed by atoms with Crippen molar-refractivity contribution in [1.29, 1.82) is 0 Å². The van der Waals surface area contributed by atoms with Gasteiger partial charge in [-0.3, -0.25) is 0 Å². The van der Waals surface area contributed by atoms with Crippen LogP contribution < -0.4 is 5.73 Å². The molecular weight excluding hydrogens is 287 g/mol. The quantitative estimate of drug-likeness (QED) is 0.648. The zero-order valence-corrected chi connectivity index (χ0v) is 13.7. The van der Waals surface area contributed by atoms with Gasteiger partial charge in [-0.05, 0) is 68.5 Å². The van der Waals surface area contributed by atoms with Crippen LogP contribution in [0.1, 0.15) is 29.5 Å². The Bertz CT molecular complexity index is 833. The molecule has 0 amide bonds. The number of benzene rings is 2. The Morgan fingerprint density at radius 3 is 2.57 bits per heavy atom. The first kappa shape index (κ1) is 15.8. The molecule has 23 heavy (non-hydrogen) atoms. The van der Waals surface area contributed by atoms with Crippen LogP contribution in [0.4, 0.5) is 4.39 Å². The van der Waals surface area contributed by atoms with Crippen LogP contribution in [-0.4, -0.2) is 11.5 Å². The van der Waals surface area contributed by atoms with E-state index in [1.807, 2.05) is 6.07 Å². The lowest BCUT2D eigenvalue weighted by atomic mass is 9.97. The minimum Gasteiger partial charge on any atom is -0.354 e. The SMILES string of the molecule is Cc1ccc(C)c2c(CCCCN)c(-c3cccc(F)c3)[nH]c12. The van der Waals surface area contributed by atoms with E-state index >= 15 is 0 Å². The highest BCUT2D eigenvalue weighted by Crippen LogP contribution is 2.35. The fourth-order valence-corrected chi connectivity index (χ4v) is 3.27. The predicted molar refractivity (Wildman–Crippen MR) is 95.2 cm³/mol. The van der Waals surface area contributed by atoms with Crippen LogP contribution in [0, 0.1) is 19.7 Å². The Kier molecular flexibility index (Phi) is 4.49. The molecule has 0 bridgehead atoms.